The van der Waals surface area contributed by atoms with Crippen LogP contribution in [0, 0.1) is 28.6 Å². The van der Waals surface area contributed by atoms with Crippen LogP contribution in [0.15, 0.2) is 35.5 Å². The number of aliphatic hydroxyl groups is 3. The average Bonchev–Trinajstić information content (AvgIpc) is 3.59. The molecule has 11 nitrogen and oxygen atoms in total. The topological polar surface area (TPSA) is 154 Å². The molecule has 0 aromatic heterocycles. The van der Waals surface area contributed by atoms with Crippen molar-refractivity contribution in [3.8, 4) is 0 Å². The van der Waals surface area contributed by atoms with Crippen LogP contribution in [0.2, 0.25) is 0 Å². The zero-order valence-corrected chi connectivity index (χ0v) is 31.3. The fraction of sp³-hybridized carbons (Fsp3) is 0.800. The van der Waals surface area contributed by atoms with Crippen molar-refractivity contribution in [1.29, 1.82) is 0 Å². The van der Waals surface area contributed by atoms with Gasteiger partial charge in [-0.25, -0.2) is 0 Å². The Hall–Kier alpha value is -2.12. The molecule has 0 radical (unpaired) electrons. The van der Waals surface area contributed by atoms with Gasteiger partial charge in [-0.1, -0.05) is 45.4 Å². The lowest BCUT2D eigenvalue weighted by Crippen LogP contribution is -2.62. The number of carbonyl (C=O) groups is 2. The lowest BCUT2D eigenvalue weighted by atomic mass is 9.43. The fourth-order valence-corrected chi connectivity index (χ4v) is 9.80. The molecule has 3 N–H and O–H groups in total. The minimum atomic E-state index is -1.14. The van der Waals surface area contributed by atoms with Crippen LogP contribution in [0.3, 0.4) is 0 Å². The number of hydrogen-bond donors (Lipinski definition) is 3. The van der Waals surface area contributed by atoms with Crippen molar-refractivity contribution in [2.45, 2.75) is 166 Å². The normalized spacial score (nSPS) is 44.4. The summed E-state index contributed by atoms with van der Waals surface area (Å²) < 4.78 is 38.5. The molecule has 3 saturated carbocycles. The molecule has 7 fully saturated rings. The van der Waals surface area contributed by atoms with Crippen LogP contribution in [0.5, 0.6) is 0 Å². The highest BCUT2D eigenvalue weighted by Crippen LogP contribution is 2.71. The number of hydrogen-bond acceptors (Lipinski definition) is 11. The van der Waals surface area contributed by atoms with Crippen molar-refractivity contribution in [3.63, 3.8) is 0 Å². The molecule has 284 valence electrons. The molecular formula is C40H58O11. The maximum Gasteiger partial charge on any atom is 0.314 e. The van der Waals surface area contributed by atoms with E-state index in [1.54, 1.807) is 20.8 Å². The molecule has 0 aromatic carbocycles. The summed E-state index contributed by atoms with van der Waals surface area (Å²) >= 11 is 0. The van der Waals surface area contributed by atoms with Crippen LogP contribution >= 0.6 is 0 Å². The highest BCUT2D eigenvalue weighted by Gasteiger charge is 2.75. The molecule has 51 heavy (non-hydrogen) atoms. The predicted octanol–water partition coefficient (Wildman–Crippen LogP) is 4.80. The number of aliphatic hydroxyl groups excluding tert-OH is 3. The summed E-state index contributed by atoms with van der Waals surface area (Å²) in [7, 11) is 0. The van der Waals surface area contributed by atoms with Gasteiger partial charge >= 0.3 is 11.9 Å². The molecule has 0 amide bonds. The Kier molecular flexibility index (Phi) is 9.29. The molecule has 4 aliphatic heterocycles. The van der Waals surface area contributed by atoms with Crippen molar-refractivity contribution >= 4 is 11.9 Å². The SMILES string of the molecule is C=C1[C@@H](OC(=O)C(C)(C)[C@H](C)O)C[C@H]2C[C@@H]1[C@]21C[C@@]2(C[C@H](C)C(=O)O2)O[C@H]1OCC1=C(/C=C/CCCCC)[C@@H](O)[C@@H]2O[C@@]23C[C@H](O)C(C)(C)O[C@@H]13. The highest BCUT2D eigenvalue weighted by molar-refractivity contribution is 5.77. The first-order valence-corrected chi connectivity index (χ1v) is 19.1. The van der Waals surface area contributed by atoms with E-state index in [0.717, 1.165) is 43.3 Å². The quantitative estimate of drug-likeness (QED) is 0.117. The smallest absolute Gasteiger partial charge is 0.314 e. The summed E-state index contributed by atoms with van der Waals surface area (Å²) in [5.74, 6) is -2.32. The van der Waals surface area contributed by atoms with Crippen molar-refractivity contribution in [3.05, 3.63) is 35.5 Å². The number of unbranched alkanes of at least 4 members (excludes halogenated alkanes) is 3. The van der Waals surface area contributed by atoms with E-state index in [9.17, 15) is 24.9 Å². The molecule has 8 rings (SSSR count). The first-order valence-electron chi connectivity index (χ1n) is 19.1. The standard InChI is InChI=1S/C40H58O11/c1-9-10-11-12-13-14-25-26(31-40(32(49-40)30(25)43)18-29(42)37(7,8)48-31)19-46-35-39(20-38(51-35)17-21(2)33(44)50-38)24-15-27(39)22(3)28(16-24)47-34(45)36(5,6)23(4)41/h13-14,21,23-24,27-32,35,41-43H,3,9-12,15-20H2,1-2,4-8H3/b14-13+/t21-,23-,24+,27-,28-,29-,30+,31-,32-,35+,38+,39-,40+/m0/s1. The summed E-state index contributed by atoms with van der Waals surface area (Å²) in [5.41, 5.74) is -1.11. The van der Waals surface area contributed by atoms with Gasteiger partial charge in [-0.2, -0.15) is 0 Å². The molecule has 0 aromatic rings. The van der Waals surface area contributed by atoms with Gasteiger partial charge in [0.1, 0.15) is 30.0 Å². The van der Waals surface area contributed by atoms with Gasteiger partial charge in [0.05, 0.1) is 35.7 Å². The van der Waals surface area contributed by atoms with E-state index >= 15 is 0 Å². The summed E-state index contributed by atoms with van der Waals surface area (Å²) in [4.78, 5) is 26.0. The van der Waals surface area contributed by atoms with Crippen LogP contribution < -0.4 is 0 Å². The van der Waals surface area contributed by atoms with Crippen molar-refractivity contribution in [2.24, 2.45) is 28.6 Å². The molecule has 11 heteroatoms. The Balaban J connectivity index is 1.19. The third-order valence-corrected chi connectivity index (χ3v) is 13.7. The monoisotopic (exact) mass is 714 g/mol. The van der Waals surface area contributed by atoms with Crippen LogP contribution in [0.1, 0.15) is 106 Å². The average molecular weight is 715 g/mol. The number of rotatable bonds is 11. The summed E-state index contributed by atoms with van der Waals surface area (Å²) in [5, 5.41) is 32.9. The lowest BCUT2D eigenvalue weighted by Gasteiger charge is -2.61. The van der Waals surface area contributed by atoms with E-state index in [4.69, 9.17) is 28.4 Å². The van der Waals surface area contributed by atoms with Gasteiger partial charge in [0.2, 0.25) is 5.79 Å². The molecule has 4 heterocycles. The second-order valence-electron chi connectivity index (χ2n) is 17.7. The zero-order chi connectivity index (χ0) is 36.9. The number of carbonyl (C=O) groups excluding carboxylic acids is 2. The Bertz CT molecular complexity index is 1500. The summed E-state index contributed by atoms with van der Waals surface area (Å²) in [6.07, 6.45) is 5.83. The van der Waals surface area contributed by atoms with Crippen molar-refractivity contribution < 1.29 is 53.3 Å². The molecular weight excluding hydrogens is 656 g/mol. The van der Waals surface area contributed by atoms with E-state index < -0.39 is 76.7 Å². The van der Waals surface area contributed by atoms with Crippen LogP contribution in [0.25, 0.3) is 0 Å². The Labute approximate surface area is 301 Å². The van der Waals surface area contributed by atoms with Crippen LogP contribution in [-0.4, -0.2) is 93.8 Å². The van der Waals surface area contributed by atoms with Crippen LogP contribution in [0.4, 0.5) is 0 Å². The van der Waals surface area contributed by atoms with Crippen molar-refractivity contribution in [2.75, 3.05) is 6.61 Å². The van der Waals surface area contributed by atoms with E-state index in [1.807, 2.05) is 26.8 Å². The van der Waals surface area contributed by atoms with Gasteiger partial charge < -0.3 is 43.7 Å². The van der Waals surface area contributed by atoms with Gasteiger partial charge in [-0.3, -0.25) is 9.59 Å². The highest BCUT2D eigenvalue weighted by atomic mass is 16.8. The minimum Gasteiger partial charge on any atom is -0.457 e. The summed E-state index contributed by atoms with van der Waals surface area (Å²) in [6, 6.07) is 0. The molecule has 8 aliphatic rings. The fourth-order valence-electron chi connectivity index (χ4n) is 9.80. The number of fused-ring (bicyclic) bond motifs is 2. The van der Waals surface area contributed by atoms with E-state index in [1.165, 1.54) is 0 Å². The molecule has 2 bridgehead atoms. The summed E-state index contributed by atoms with van der Waals surface area (Å²) in [6.45, 7) is 17.2. The Morgan fingerprint density at radius 1 is 1.14 bits per heavy atom. The third-order valence-electron chi connectivity index (χ3n) is 13.7. The van der Waals surface area contributed by atoms with Gasteiger partial charge in [-0.15, -0.1) is 0 Å². The minimum absolute atomic E-state index is 0.0332. The second kappa shape index (κ2) is 12.7. The first-order chi connectivity index (χ1) is 23.9. The number of ether oxygens (including phenoxy) is 6. The largest absolute Gasteiger partial charge is 0.457 e. The number of epoxide rings is 1. The molecule has 3 spiro atoms. The zero-order valence-electron chi connectivity index (χ0n) is 31.3. The predicted molar refractivity (Wildman–Crippen MR) is 185 cm³/mol. The van der Waals surface area contributed by atoms with Gasteiger partial charge in [0.15, 0.2) is 6.29 Å². The van der Waals surface area contributed by atoms with E-state index in [-0.39, 0.29) is 30.3 Å². The first kappa shape index (κ1) is 37.2. The Morgan fingerprint density at radius 2 is 1.88 bits per heavy atom. The van der Waals surface area contributed by atoms with Gasteiger partial charge in [0.25, 0.3) is 0 Å². The molecule has 13 atom stereocenters. The number of allylic oxidation sites excluding steroid dienone is 1. The number of esters is 2. The molecule has 4 saturated heterocycles. The van der Waals surface area contributed by atoms with Gasteiger partial charge in [-0.05, 0) is 88.9 Å². The maximum absolute atomic E-state index is 13.2. The van der Waals surface area contributed by atoms with E-state index in [2.05, 4.69) is 19.6 Å². The second-order valence-corrected chi connectivity index (χ2v) is 17.7. The van der Waals surface area contributed by atoms with Gasteiger partial charge in [0, 0.05) is 24.7 Å². The molecule has 0 unspecified atom stereocenters. The molecule has 4 aliphatic carbocycles. The third kappa shape index (κ3) is 5.79. The maximum atomic E-state index is 13.2. The van der Waals surface area contributed by atoms with E-state index in [0.29, 0.717) is 31.3 Å². The van der Waals surface area contributed by atoms with Crippen molar-refractivity contribution in [1.82, 2.24) is 0 Å². The van der Waals surface area contributed by atoms with Crippen LogP contribution in [-0.2, 0) is 38.0 Å². The lowest BCUT2D eigenvalue weighted by molar-refractivity contribution is -0.277. The Morgan fingerprint density at radius 3 is 2.53 bits per heavy atom.